The molecule has 0 aromatic heterocycles. The summed E-state index contributed by atoms with van der Waals surface area (Å²) >= 11 is 0. The van der Waals surface area contributed by atoms with Gasteiger partial charge in [0, 0.05) is 43.7 Å². The van der Waals surface area contributed by atoms with Crippen molar-refractivity contribution in [2.45, 2.75) is 95.1 Å². The monoisotopic (exact) mass is 757 g/mol. The van der Waals surface area contributed by atoms with Crippen molar-refractivity contribution in [3.8, 4) is 22.6 Å². The fourth-order valence-corrected chi connectivity index (χ4v) is 10.9. The lowest BCUT2D eigenvalue weighted by molar-refractivity contribution is -0.253. The summed E-state index contributed by atoms with van der Waals surface area (Å²) in [7, 11) is 3.36. The van der Waals surface area contributed by atoms with E-state index in [-0.39, 0.29) is 30.4 Å². The minimum Gasteiger partial charge on any atom is -0.493 e. The number of aliphatic hydroxyl groups excluding tert-OH is 1. The topological polar surface area (TPSA) is 102 Å². The van der Waals surface area contributed by atoms with Crippen LogP contribution in [0.1, 0.15) is 90.7 Å². The molecular weight excluding hydrogens is 703 g/mol. The summed E-state index contributed by atoms with van der Waals surface area (Å²) in [4.78, 5) is 15.7. The first-order valence-electron chi connectivity index (χ1n) is 20.6. The fourth-order valence-electron chi connectivity index (χ4n) is 10.9. The van der Waals surface area contributed by atoms with Crippen LogP contribution in [0, 0.1) is 17.8 Å². The molecule has 9 heteroatoms. The Bertz CT molecular complexity index is 2000. The van der Waals surface area contributed by atoms with Gasteiger partial charge in [0.15, 0.2) is 17.8 Å². The second kappa shape index (κ2) is 15.9. The van der Waals surface area contributed by atoms with Crippen LogP contribution in [0.25, 0.3) is 11.1 Å². The molecule has 1 saturated heterocycles. The Balaban J connectivity index is 0.894. The number of nitrogens with zero attached hydrogens (tertiary/aromatic N) is 1. The lowest BCUT2D eigenvalue weighted by atomic mass is 9.53. The van der Waals surface area contributed by atoms with Crippen molar-refractivity contribution in [3.05, 3.63) is 118 Å². The second-order valence-electron chi connectivity index (χ2n) is 17.1. The summed E-state index contributed by atoms with van der Waals surface area (Å²) in [5, 5.41) is 16.3. The highest BCUT2D eigenvalue weighted by atomic mass is 16.7. The van der Waals surface area contributed by atoms with Gasteiger partial charge in [-0.25, -0.2) is 4.79 Å². The van der Waals surface area contributed by atoms with E-state index in [0.717, 1.165) is 114 Å². The molecule has 0 radical (unpaired) electrons. The number of benzene rings is 4. The molecule has 0 unspecified atom stereocenters. The highest BCUT2D eigenvalue weighted by Crippen LogP contribution is 2.55. The van der Waals surface area contributed by atoms with Gasteiger partial charge in [0.25, 0.3) is 0 Å². The summed E-state index contributed by atoms with van der Waals surface area (Å²) in [6.07, 6.45) is 8.35. The van der Waals surface area contributed by atoms with Gasteiger partial charge in [-0.05, 0) is 126 Å². The van der Waals surface area contributed by atoms with Crippen molar-refractivity contribution in [2.75, 3.05) is 27.3 Å². The van der Waals surface area contributed by atoms with Gasteiger partial charge in [-0.15, -0.1) is 0 Å². The zero-order valence-electron chi connectivity index (χ0n) is 32.7. The zero-order chi connectivity index (χ0) is 38.2. The Morgan fingerprint density at radius 3 is 2.16 bits per heavy atom. The van der Waals surface area contributed by atoms with Crippen molar-refractivity contribution < 1.29 is 28.8 Å². The maximum absolute atomic E-state index is 13.2. The quantitative estimate of drug-likeness (QED) is 0.142. The number of nitrogens with one attached hydrogen (secondary N) is 2. The zero-order valence-corrected chi connectivity index (χ0v) is 32.7. The third-order valence-corrected chi connectivity index (χ3v) is 13.2. The molecule has 2 heterocycles. The highest BCUT2D eigenvalue weighted by Gasteiger charge is 2.51. The fraction of sp³-hybridized carbons (Fsp3) is 0.468. The average Bonchev–Trinajstić information content (AvgIpc) is 3.22. The largest absolute Gasteiger partial charge is 0.493 e. The number of hydrogen-bond acceptors (Lipinski definition) is 7. The Hall–Kier alpha value is -4.41. The van der Waals surface area contributed by atoms with Gasteiger partial charge in [0.1, 0.15) is 0 Å². The summed E-state index contributed by atoms with van der Waals surface area (Å²) in [5.74, 6) is 3.89. The Morgan fingerprint density at radius 1 is 0.786 bits per heavy atom. The lowest BCUT2D eigenvalue weighted by Crippen LogP contribution is -2.61. The molecule has 5 fully saturated rings. The normalized spacial score (nSPS) is 28.1. The molecular formula is C47H55N3O6. The van der Waals surface area contributed by atoms with E-state index in [9.17, 15) is 9.90 Å². The number of ether oxygens (including phenoxy) is 4. The number of hydrogen-bond donors (Lipinski definition) is 3. The van der Waals surface area contributed by atoms with Crippen molar-refractivity contribution >= 4 is 6.03 Å². The highest BCUT2D eigenvalue weighted by molar-refractivity contribution is 5.75. The number of urea groups is 1. The van der Waals surface area contributed by atoms with Crippen LogP contribution in [0.5, 0.6) is 11.5 Å². The number of rotatable bonds is 11. The Morgan fingerprint density at radius 2 is 1.46 bits per heavy atom. The lowest BCUT2D eigenvalue weighted by Gasteiger charge is -2.56. The van der Waals surface area contributed by atoms with Crippen LogP contribution in [0.2, 0.25) is 0 Å². The molecule has 4 saturated carbocycles. The van der Waals surface area contributed by atoms with E-state index in [1.165, 1.54) is 30.4 Å². The van der Waals surface area contributed by atoms with Crippen molar-refractivity contribution in [1.82, 2.24) is 15.5 Å². The standard InChI is InChI=1S/C47H55N3O6/c1-53-43-20-38-13-14-50(27-40(38)21-44(43)54-2)28-41-22-42(35-11-9-30(29-51)10-12-35)56-45(55-41)39-8-4-7-37(19-39)36-6-3-5-31(18-36)26-48-46(52)49-47-23-32-15-33(24-47)17-34(16-32)25-47/h3-12,18-21,32-34,41-42,45,51H,13-17,22-29H2,1-2H3,(H2,48,49,52)/t32?,33?,34?,41-,42+,45+,47?/m0/s1. The molecule has 2 amide bonds. The third kappa shape index (κ3) is 7.92. The molecule has 4 aromatic carbocycles. The van der Waals surface area contributed by atoms with E-state index in [2.05, 4.69) is 88.3 Å². The molecule has 4 aliphatic carbocycles. The van der Waals surface area contributed by atoms with Gasteiger partial charge in [-0.2, -0.15) is 0 Å². The van der Waals surface area contributed by atoms with E-state index < -0.39 is 6.29 Å². The van der Waals surface area contributed by atoms with E-state index >= 15 is 0 Å². The maximum Gasteiger partial charge on any atom is 0.315 e. The van der Waals surface area contributed by atoms with E-state index in [4.69, 9.17) is 18.9 Å². The number of methoxy groups -OCH3 is 2. The summed E-state index contributed by atoms with van der Waals surface area (Å²) in [6, 6.07) is 29.1. The Kier molecular flexibility index (Phi) is 10.5. The van der Waals surface area contributed by atoms with Crippen molar-refractivity contribution in [3.63, 3.8) is 0 Å². The minimum absolute atomic E-state index is 0.00630. The van der Waals surface area contributed by atoms with Gasteiger partial charge in [0.2, 0.25) is 0 Å². The molecule has 0 spiro atoms. The van der Waals surface area contributed by atoms with E-state index in [1.807, 2.05) is 12.1 Å². The molecule has 9 nitrogen and oxygen atoms in total. The van der Waals surface area contributed by atoms with E-state index in [0.29, 0.717) is 6.54 Å². The molecule has 4 bridgehead atoms. The summed E-state index contributed by atoms with van der Waals surface area (Å²) < 4.78 is 24.8. The molecule has 6 aliphatic rings. The average molecular weight is 758 g/mol. The van der Waals surface area contributed by atoms with Crippen LogP contribution in [0.15, 0.2) is 84.9 Å². The van der Waals surface area contributed by atoms with Crippen molar-refractivity contribution in [1.29, 1.82) is 0 Å². The number of amides is 2. The SMILES string of the molecule is COc1cc2c(cc1OC)CN(C[C@@H]1C[C@H](c3ccc(CO)cc3)O[C@H](c3cccc(-c4cccc(CNC(=O)NC56CC7CC(CC(C7)C5)C6)c4)c3)O1)CC2. The molecule has 294 valence electrons. The van der Waals surface area contributed by atoms with Crippen LogP contribution in [0.4, 0.5) is 4.79 Å². The van der Waals surface area contributed by atoms with Gasteiger partial charge in [0.05, 0.1) is 33.0 Å². The van der Waals surface area contributed by atoms with Crippen molar-refractivity contribution in [2.24, 2.45) is 17.8 Å². The predicted octanol–water partition coefficient (Wildman–Crippen LogP) is 8.23. The number of aliphatic hydroxyl groups is 1. The maximum atomic E-state index is 13.2. The molecule has 3 atom stereocenters. The second-order valence-corrected chi connectivity index (χ2v) is 17.1. The Labute approximate surface area is 330 Å². The molecule has 10 rings (SSSR count). The molecule has 4 aromatic rings. The summed E-state index contributed by atoms with van der Waals surface area (Å²) in [5.41, 5.74) is 8.66. The first kappa shape index (κ1) is 37.2. The summed E-state index contributed by atoms with van der Waals surface area (Å²) in [6.45, 7) is 2.98. The van der Waals surface area contributed by atoms with Gasteiger partial charge >= 0.3 is 6.03 Å². The third-order valence-electron chi connectivity index (χ3n) is 13.2. The molecule has 2 aliphatic heterocycles. The van der Waals surface area contributed by atoms with Crippen LogP contribution in [-0.4, -0.2) is 55.0 Å². The van der Waals surface area contributed by atoms with Crippen LogP contribution in [0.3, 0.4) is 0 Å². The molecule has 56 heavy (non-hydrogen) atoms. The first-order valence-corrected chi connectivity index (χ1v) is 20.6. The molecule has 3 N–H and O–H groups in total. The van der Waals surface area contributed by atoms with Gasteiger partial charge in [-0.1, -0.05) is 60.7 Å². The van der Waals surface area contributed by atoms with E-state index in [1.54, 1.807) is 14.2 Å². The van der Waals surface area contributed by atoms with Gasteiger partial charge in [-0.3, -0.25) is 4.90 Å². The van der Waals surface area contributed by atoms with Crippen LogP contribution in [-0.2, 0) is 35.6 Å². The minimum atomic E-state index is -0.559. The number of carbonyl (C=O) groups excluding carboxylic acids is 1. The van der Waals surface area contributed by atoms with Crippen LogP contribution < -0.4 is 20.1 Å². The predicted molar refractivity (Wildman–Crippen MR) is 215 cm³/mol. The number of carbonyl (C=O) groups is 1. The first-order chi connectivity index (χ1) is 27.3. The van der Waals surface area contributed by atoms with Crippen LogP contribution >= 0.6 is 0 Å². The van der Waals surface area contributed by atoms with Gasteiger partial charge < -0.3 is 34.7 Å². The number of fused-ring (bicyclic) bond motifs is 1. The smallest absolute Gasteiger partial charge is 0.315 e.